The van der Waals surface area contributed by atoms with Gasteiger partial charge in [-0.1, -0.05) is 48.6 Å². The summed E-state index contributed by atoms with van der Waals surface area (Å²) in [4.78, 5) is -0.189. The molecule has 0 aliphatic carbocycles. The van der Waals surface area contributed by atoms with Crippen LogP contribution in [0.5, 0.6) is 5.75 Å². The maximum absolute atomic E-state index is 12.4. The quantitative estimate of drug-likeness (QED) is 0.306. The van der Waals surface area contributed by atoms with Gasteiger partial charge in [-0.2, -0.15) is 0 Å². The van der Waals surface area contributed by atoms with E-state index in [4.69, 9.17) is 15.0 Å². The summed E-state index contributed by atoms with van der Waals surface area (Å²) in [6.45, 7) is 2.83. The summed E-state index contributed by atoms with van der Waals surface area (Å²) in [5, 5.41) is 14.3. The molecular formula is C24H25N3Na2O5S2. The predicted octanol–water partition coefficient (Wildman–Crippen LogP) is 1.98. The van der Waals surface area contributed by atoms with Gasteiger partial charge in [0.1, 0.15) is 5.75 Å². The van der Waals surface area contributed by atoms with Gasteiger partial charge in [0.05, 0.1) is 22.4 Å². The Hall–Kier alpha value is -1.02. The molecule has 1 heterocycles. The topological polar surface area (TPSA) is 142 Å². The van der Waals surface area contributed by atoms with E-state index in [1.54, 1.807) is 31.2 Å². The molecule has 2 radical (unpaired) electrons. The molecule has 3 aromatic rings. The number of rotatable bonds is 7. The molecule has 0 amide bonds. The molecule has 36 heavy (non-hydrogen) atoms. The Kier molecular flexibility index (Phi) is 11.0. The van der Waals surface area contributed by atoms with E-state index >= 15 is 0 Å². The van der Waals surface area contributed by atoms with E-state index in [1.165, 1.54) is 18.2 Å². The number of benzene rings is 3. The molecule has 0 saturated heterocycles. The van der Waals surface area contributed by atoms with E-state index in [-0.39, 0.29) is 74.9 Å². The van der Waals surface area contributed by atoms with Gasteiger partial charge in [-0.05, 0) is 52.9 Å². The van der Waals surface area contributed by atoms with Crippen LogP contribution in [0.1, 0.15) is 40.8 Å². The molecule has 180 valence electrons. The Morgan fingerprint density at radius 1 is 0.889 bits per heavy atom. The van der Waals surface area contributed by atoms with E-state index < -0.39 is 20.0 Å². The van der Waals surface area contributed by atoms with Gasteiger partial charge in [0, 0.05) is 71.7 Å². The summed E-state index contributed by atoms with van der Waals surface area (Å²) >= 11 is 0. The molecule has 3 aromatic carbocycles. The molecule has 0 bridgehead atoms. The van der Waals surface area contributed by atoms with Crippen LogP contribution in [0.2, 0.25) is 0 Å². The maximum atomic E-state index is 12.4. The fraction of sp³-hybridized carbons (Fsp3) is 0.167. The molecule has 12 heteroatoms. The van der Waals surface area contributed by atoms with Crippen molar-refractivity contribution in [3.05, 3.63) is 88.5 Å². The van der Waals surface area contributed by atoms with Gasteiger partial charge in [0.2, 0.25) is 20.0 Å². The second kappa shape index (κ2) is 12.7. The molecule has 8 nitrogen and oxygen atoms in total. The third kappa shape index (κ3) is 7.09. The second-order valence-electron chi connectivity index (χ2n) is 7.87. The van der Waals surface area contributed by atoms with Crippen molar-refractivity contribution in [3.63, 3.8) is 0 Å². The van der Waals surface area contributed by atoms with Crippen molar-refractivity contribution in [1.29, 1.82) is 0 Å². The van der Waals surface area contributed by atoms with Gasteiger partial charge < -0.3 is 10.1 Å². The maximum Gasteiger partial charge on any atom is 0.238 e. The standard InChI is InChI=1S/C24H25N3O5S2.2Na/c1-2-32-20-12-11-17(23(14-20)34(26,30)31)8-7-16-9-10-18(13-22(16)33(25,28)29)24-21-6-4-3-5-19(21)15-27-24;;/h3-14,24,27H,2,15H2,1H3,(H2,25,28,29)(H2,26,30,31);;. The van der Waals surface area contributed by atoms with Gasteiger partial charge in [-0.15, -0.1) is 0 Å². The third-order valence-electron chi connectivity index (χ3n) is 5.59. The first kappa shape index (κ1) is 31.2. The number of hydrogen-bond acceptors (Lipinski definition) is 6. The largest absolute Gasteiger partial charge is 0.494 e. The Balaban J connectivity index is 0.00000228. The summed E-state index contributed by atoms with van der Waals surface area (Å²) in [5.41, 5.74) is 3.61. The van der Waals surface area contributed by atoms with E-state index in [1.807, 2.05) is 30.3 Å². The summed E-state index contributed by atoms with van der Waals surface area (Å²) < 4.78 is 54.4. The zero-order valence-electron chi connectivity index (χ0n) is 20.4. The first-order chi connectivity index (χ1) is 16.1. The fourth-order valence-corrected chi connectivity index (χ4v) is 5.56. The first-order valence-electron chi connectivity index (χ1n) is 10.5. The number of hydrogen-bond donors (Lipinski definition) is 3. The van der Waals surface area contributed by atoms with E-state index in [0.717, 1.165) is 16.7 Å². The number of fused-ring (bicyclic) bond motifs is 1. The molecule has 1 aliphatic rings. The number of primary sulfonamides is 2. The number of ether oxygens (including phenoxy) is 1. The van der Waals surface area contributed by atoms with Crippen LogP contribution in [0.4, 0.5) is 0 Å². The number of nitrogens with one attached hydrogen (secondary N) is 1. The Bertz CT molecular complexity index is 1490. The fourth-order valence-electron chi connectivity index (χ4n) is 4.05. The smallest absolute Gasteiger partial charge is 0.238 e. The molecule has 4 rings (SSSR count). The van der Waals surface area contributed by atoms with Gasteiger partial charge >= 0.3 is 0 Å². The van der Waals surface area contributed by atoms with Crippen LogP contribution in [0.3, 0.4) is 0 Å². The predicted molar refractivity (Wildman–Crippen MR) is 142 cm³/mol. The summed E-state index contributed by atoms with van der Waals surface area (Å²) in [6.07, 6.45) is 2.99. The van der Waals surface area contributed by atoms with Crippen molar-refractivity contribution in [1.82, 2.24) is 5.32 Å². The van der Waals surface area contributed by atoms with Crippen molar-refractivity contribution in [2.24, 2.45) is 10.3 Å². The number of nitrogens with two attached hydrogens (primary N) is 2. The zero-order valence-corrected chi connectivity index (χ0v) is 26.1. The molecule has 1 aliphatic heterocycles. The van der Waals surface area contributed by atoms with Gasteiger partial charge in [-0.3, -0.25) is 0 Å². The van der Waals surface area contributed by atoms with Crippen molar-refractivity contribution in [3.8, 4) is 5.75 Å². The van der Waals surface area contributed by atoms with Crippen LogP contribution >= 0.6 is 0 Å². The molecule has 0 fully saturated rings. The molecule has 1 atom stereocenters. The summed E-state index contributed by atoms with van der Waals surface area (Å²) in [6, 6.07) is 17.3. The van der Waals surface area contributed by atoms with Crippen molar-refractivity contribution in [2.45, 2.75) is 29.3 Å². The molecule has 0 aromatic heterocycles. The average molecular weight is 546 g/mol. The Morgan fingerprint density at radius 2 is 1.47 bits per heavy atom. The Morgan fingerprint density at radius 3 is 2.08 bits per heavy atom. The molecule has 0 spiro atoms. The van der Waals surface area contributed by atoms with Crippen LogP contribution in [0.25, 0.3) is 12.2 Å². The van der Waals surface area contributed by atoms with Crippen molar-refractivity contribution < 1.29 is 21.6 Å². The molecule has 0 saturated carbocycles. The van der Waals surface area contributed by atoms with Gasteiger partial charge in [-0.25, -0.2) is 27.1 Å². The average Bonchev–Trinajstić information content (AvgIpc) is 3.21. The van der Waals surface area contributed by atoms with Crippen LogP contribution < -0.4 is 20.3 Å². The monoisotopic (exact) mass is 545 g/mol. The van der Waals surface area contributed by atoms with E-state index in [9.17, 15) is 16.8 Å². The Labute approximate surface area is 256 Å². The van der Waals surface area contributed by atoms with Gasteiger partial charge in [0.25, 0.3) is 0 Å². The minimum Gasteiger partial charge on any atom is -0.494 e. The number of sulfonamides is 2. The summed E-state index contributed by atoms with van der Waals surface area (Å²) in [5.74, 6) is 0.364. The van der Waals surface area contributed by atoms with E-state index in [2.05, 4.69) is 5.32 Å². The summed E-state index contributed by atoms with van der Waals surface area (Å²) in [7, 11) is -8.11. The van der Waals surface area contributed by atoms with Crippen LogP contribution in [0, 0.1) is 0 Å². The van der Waals surface area contributed by atoms with Crippen LogP contribution in [-0.4, -0.2) is 82.6 Å². The van der Waals surface area contributed by atoms with Crippen LogP contribution in [-0.2, 0) is 26.6 Å². The van der Waals surface area contributed by atoms with Crippen molar-refractivity contribution in [2.75, 3.05) is 6.61 Å². The normalized spacial score (nSPS) is 15.1. The first-order valence-corrected chi connectivity index (χ1v) is 13.6. The van der Waals surface area contributed by atoms with Crippen LogP contribution in [0.15, 0.2) is 70.5 Å². The third-order valence-corrected chi connectivity index (χ3v) is 7.52. The zero-order chi connectivity index (χ0) is 24.5. The second-order valence-corrected chi connectivity index (χ2v) is 10.9. The molecular weight excluding hydrogens is 520 g/mol. The van der Waals surface area contributed by atoms with E-state index in [0.29, 0.717) is 30.0 Å². The minimum atomic E-state index is -4.06. The molecule has 1 unspecified atom stereocenters. The molecule has 5 N–H and O–H groups in total. The van der Waals surface area contributed by atoms with Crippen molar-refractivity contribution >= 4 is 91.3 Å². The minimum absolute atomic E-state index is 0. The van der Waals surface area contributed by atoms with Gasteiger partial charge in [0.15, 0.2) is 0 Å². The SMILES string of the molecule is CCOc1ccc(C=Cc2ccc(C3NCc4ccccc43)cc2S(N)(=O)=O)c(S(N)(=O)=O)c1.[Na].[Na].